The van der Waals surface area contributed by atoms with Gasteiger partial charge in [0.25, 0.3) is 0 Å². The van der Waals surface area contributed by atoms with E-state index >= 15 is 0 Å². The summed E-state index contributed by atoms with van der Waals surface area (Å²) in [6.45, 7) is 5.39. The number of aliphatic hydroxyl groups is 2. The molecule has 0 rings (SSSR count). The van der Waals surface area contributed by atoms with E-state index in [2.05, 4.69) is 5.32 Å². The van der Waals surface area contributed by atoms with Gasteiger partial charge < -0.3 is 10.2 Å². The standard InChI is InChI=1S/C6H15NO2/c1-5(8)7-4-6(2,3)9/h5,7-9H,4H2,1-3H3. The van der Waals surface area contributed by atoms with Gasteiger partial charge in [-0.05, 0) is 20.8 Å². The minimum Gasteiger partial charge on any atom is -0.389 e. The Labute approximate surface area is 55.7 Å². The molecule has 3 nitrogen and oxygen atoms in total. The van der Waals surface area contributed by atoms with Crippen molar-refractivity contribution in [2.45, 2.75) is 32.6 Å². The van der Waals surface area contributed by atoms with E-state index in [1.165, 1.54) is 0 Å². The summed E-state index contributed by atoms with van der Waals surface area (Å²) in [6.07, 6.45) is -0.545. The van der Waals surface area contributed by atoms with E-state index in [4.69, 9.17) is 10.2 Å². The average molecular weight is 133 g/mol. The normalized spacial score (nSPS) is 15.7. The Balaban J connectivity index is 3.28. The lowest BCUT2D eigenvalue weighted by molar-refractivity contribution is 0.0547. The first-order valence-corrected chi connectivity index (χ1v) is 3.05. The number of aliphatic hydroxyl groups excluding tert-OH is 1. The third-order valence-corrected chi connectivity index (χ3v) is 0.830. The highest BCUT2D eigenvalue weighted by Gasteiger charge is 2.11. The van der Waals surface area contributed by atoms with Crippen molar-refractivity contribution >= 4 is 0 Å². The fourth-order valence-corrected chi connectivity index (χ4v) is 0.397. The molecule has 0 aromatic carbocycles. The van der Waals surface area contributed by atoms with E-state index in [1.807, 2.05) is 0 Å². The van der Waals surface area contributed by atoms with Gasteiger partial charge in [0.2, 0.25) is 0 Å². The zero-order chi connectivity index (χ0) is 7.49. The maximum atomic E-state index is 9.09. The molecule has 56 valence electrons. The van der Waals surface area contributed by atoms with Gasteiger partial charge in [-0.3, -0.25) is 5.32 Å². The lowest BCUT2D eigenvalue weighted by atomic mass is 10.1. The van der Waals surface area contributed by atoms with Crippen molar-refractivity contribution in [2.24, 2.45) is 0 Å². The first kappa shape index (κ1) is 8.88. The van der Waals surface area contributed by atoms with Gasteiger partial charge >= 0.3 is 0 Å². The van der Waals surface area contributed by atoms with Crippen LogP contribution in [0.15, 0.2) is 0 Å². The number of hydrogen-bond acceptors (Lipinski definition) is 3. The topological polar surface area (TPSA) is 52.5 Å². The Kier molecular flexibility index (Phi) is 3.11. The zero-order valence-electron chi connectivity index (χ0n) is 6.18. The second kappa shape index (κ2) is 3.15. The van der Waals surface area contributed by atoms with Gasteiger partial charge in [0, 0.05) is 6.54 Å². The minimum atomic E-state index is -0.739. The smallest absolute Gasteiger partial charge is 0.102 e. The molecule has 0 aromatic heterocycles. The fourth-order valence-electron chi connectivity index (χ4n) is 0.397. The van der Waals surface area contributed by atoms with E-state index in [0.717, 1.165) is 0 Å². The molecule has 0 saturated heterocycles. The van der Waals surface area contributed by atoms with Crippen LogP contribution in [0.2, 0.25) is 0 Å². The van der Waals surface area contributed by atoms with Crippen LogP contribution in [0.3, 0.4) is 0 Å². The number of hydrogen-bond donors (Lipinski definition) is 3. The maximum Gasteiger partial charge on any atom is 0.102 e. The van der Waals surface area contributed by atoms with Crippen molar-refractivity contribution in [3.63, 3.8) is 0 Å². The first-order chi connectivity index (χ1) is 3.92. The van der Waals surface area contributed by atoms with Crippen molar-refractivity contribution in [2.75, 3.05) is 6.54 Å². The van der Waals surface area contributed by atoms with Crippen LogP contribution in [-0.2, 0) is 0 Å². The van der Waals surface area contributed by atoms with E-state index in [9.17, 15) is 0 Å². The second-order valence-corrected chi connectivity index (χ2v) is 2.87. The van der Waals surface area contributed by atoms with Crippen LogP contribution in [0.1, 0.15) is 20.8 Å². The van der Waals surface area contributed by atoms with Gasteiger partial charge in [-0.25, -0.2) is 0 Å². The molecule has 9 heavy (non-hydrogen) atoms. The molecule has 0 aromatic rings. The molecule has 0 bridgehead atoms. The molecule has 0 aliphatic heterocycles. The van der Waals surface area contributed by atoms with Crippen LogP contribution in [-0.4, -0.2) is 28.6 Å². The molecule has 0 spiro atoms. The molecule has 0 aliphatic rings. The monoisotopic (exact) mass is 133 g/mol. The van der Waals surface area contributed by atoms with Gasteiger partial charge in [0.15, 0.2) is 0 Å². The summed E-state index contributed by atoms with van der Waals surface area (Å²) >= 11 is 0. The van der Waals surface area contributed by atoms with Crippen molar-refractivity contribution in [1.29, 1.82) is 0 Å². The molecule has 3 N–H and O–H groups in total. The molecule has 0 radical (unpaired) electrons. The Morgan fingerprint density at radius 1 is 1.56 bits per heavy atom. The molecule has 0 fully saturated rings. The van der Waals surface area contributed by atoms with Gasteiger partial charge in [-0.2, -0.15) is 0 Å². The summed E-state index contributed by atoms with van der Waals surface area (Å²) in [7, 11) is 0. The summed E-state index contributed by atoms with van der Waals surface area (Å²) in [5.41, 5.74) is -0.739. The Morgan fingerprint density at radius 3 is 2.11 bits per heavy atom. The summed E-state index contributed by atoms with van der Waals surface area (Å²) in [4.78, 5) is 0. The number of rotatable bonds is 3. The van der Waals surface area contributed by atoms with Crippen LogP contribution in [0, 0.1) is 0 Å². The third-order valence-electron chi connectivity index (χ3n) is 0.830. The molecule has 0 saturated carbocycles. The third kappa shape index (κ3) is 7.88. The SMILES string of the molecule is CC(O)NCC(C)(C)O. The van der Waals surface area contributed by atoms with Crippen LogP contribution < -0.4 is 5.32 Å². The number of nitrogens with one attached hydrogen (secondary N) is 1. The lowest BCUT2D eigenvalue weighted by Crippen LogP contribution is -2.39. The van der Waals surface area contributed by atoms with Crippen molar-refractivity contribution in [3.05, 3.63) is 0 Å². The summed E-state index contributed by atoms with van der Waals surface area (Å²) in [5, 5.41) is 20.5. The first-order valence-electron chi connectivity index (χ1n) is 3.05. The molecular formula is C6H15NO2. The predicted octanol–water partition coefficient (Wildman–Crippen LogP) is -0.315. The van der Waals surface area contributed by atoms with Crippen LogP contribution >= 0.6 is 0 Å². The largest absolute Gasteiger partial charge is 0.389 e. The molecule has 0 heterocycles. The van der Waals surface area contributed by atoms with E-state index in [1.54, 1.807) is 20.8 Å². The highest BCUT2D eigenvalue weighted by atomic mass is 16.3. The highest BCUT2D eigenvalue weighted by Crippen LogP contribution is 1.96. The molecule has 1 unspecified atom stereocenters. The van der Waals surface area contributed by atoms with Crippen molar-refractivity contribution < 1.29 is 10.2 Å². The van der Waals surface area contributed by atoms with Crippen LogP contribution in [0.4, 0.5) is 0 Å². The van der Waals surface area contributed by atoms with Gasteiger partial charge in [0.1, 0.15) is 6.23 Å². The van der Waals surface area contributed by atoms with E-state index in [0.29, 0.717) is 6.54 Å². The highest BCUT2D eigenvalue weighted by molar-refractivity contribution is 4.67. The minimum absolute atomic E-state index is 0.407. The summed E-state index contributed by atoms with van der Waals surface area (Å²) in [6, 6.07) is 0. The summed E-state index contributed by atoms with van der Waals surface area (Å²) in [5.74, 6) is 0. The lowest BCUT2D eigenvalue weighted by Gasteiger charge is -2.18. The van der Waals surface area contributed by atoms with Crippen LogP contribution in [0.5, 0.6) is 0 Å². The Morgan fingerprint density at radius 2 is 2.00 bits per heavy atom. The Hall–Kier alpha value is -0.120. The van der Waals surface area contributed by atoms with Crippen molar-refractivity contribution in [3.8, 4) is 0 Å². The quantitative estimate of drug-likeness (QED) is 0.463. The molecular weight excluding hydrogens is 118 g/mol. The second-order valence-electron chi connectivity index (χ2n) is 2.87. The predicted molar refractivity (Wildman–Crippen MR) is 36.0 cm³/mol. The molecule has 3 heteroatoms. The van der Waals surface area contributed by atoms with Crippen molar-refractivity contribution in [1.82, 2.24) is 5.32 Å². The zero-order valence-corrected chi connectivity index (χ0v) is 6.18. The average Bonchev–Trinajstić information content (AvgIpc) is 1.59. The fraction of sp³-hybridized carbons (Fsp3) is 1.00. The van der Waals surface area contributed by atoms with Gasteiger partial charge in [0.05, 0.1) is 5.60 Å². The Bertz CT molecular complexity index is 75.6. The molecule has 0 aliphatic carbocycles. The van der Waals surface area contributed by atoms with Gasteiger partial charge in [-0.1, -0.05) is 0 Å². The van der Waals surface area contributed by atoms with Gasteiger partial charge in [-0.15, -0.1) is 0 Å². The maximum absolute atomic E-state index is 9.09. The molecule has 1 atom stereocenters. The van der Waals surface area contributed by atoms with Crippen LogP contribution in [0.25, 0.3) is 0 Å². The van der Waals surface area contributed by atoms with E-state index < -0.39 is 11.8 Å². The molecule has 0 amide bonds. The summed E-state index contributed by atoms with van der Waals surface area (Å²) < 4.78 is 0. The van der Waals surface area contributed by atoms with E-state index in [-0.39, 0.29) is 0 Å².